The molecule has 0 saturated carbocycles. The van der Waals surface area contributed by atoms with Crippen molar-refractivity contribution < 1.29 is 23.4 Å². The fraction of sp³-hybridized carbons (Fsp3) is 0.217. The highest BCUT2D eigenvalue weighted by atomic mass is 32.1. The second-order valence-corrected chi connectivity index (χ2v) is 7.72. The molecular weight excluding hydrogens is 419 g/mol. The molecule has 0 radical (unpaired) electrons. The number of aromatic nitrogens is 2. The van der Waals surface area contributed by atoms with E-state index in [-0.39, 0.29) is 19.0 Å². The van der Waals surface area contributed by atoms with E-state index in [0.717, 1.165) is 27.3 Å². The Labute approximate surface area is 182 Å². The summed E-state index contributed by atoms with van der Waals surface area (Å²) >= 11 is 1.29. The minimum absolute atomic E-state index is 0.128. The highest BCUT2D eigenvalue weighted by molar-refractivity contribution is 7.20. The van der Waals surface area contributed by atoms with Crippen LogP contribution in [-0.2, 0) is 4.74 Å². The minimum atomic E-state index is -0.415. The number of nitrogens with zero attached hydrogens (tertiary/aromatic N) is 2. The molecule has 0 amide bonds. The predicted octanol–water partition coefficient (Wildman–Crippen LogP) is 5.17. The number of benzene rings is 2. The summed E-state index contributed by atoms with van der Waals surface area (Å²) < 4.78 is 31.3. The molecule has 0 aliphatic heterocycles. The molecule has 0 spiro atoms. The molecule has 8 heteroatoms. The number of carbonyl (C=O) groups excluding carboxylic acids is 1. The Bertz CT molecular complexity index is 1180. The van der Waals surface area contributed by atoms with E-state index in [9.17, 15) is 9.18 Å². The molecule has 0 aliphatic carbocycles. The molecule has 31 heavy (non-hydrogen) atoms. The lowest BCUT2D eigenvalue weighted by atomic mass is 10.3. The highest BCUT2D eigenvalue weighted by Crippen LogP contribution is 2.31. The van der Waals surface area contributed by atoms with E-state index >= 15 is 0 Å². The van der Waals surface area contributed by atoms with E-state index in [1.807, 2.05) is 38.1 Å². The number of fused-ring (bicyclic) bond motifs is 1. The van der Waals surface area contributed by atoms with Gasteiger partial charge in [0.25, 0.3) is 0 Å². The summed E-state index contributed by atoms with van der Waals surface area (Å²) in [4.78, 5) is 13.8. The lowest BCUT2D eigenvalue weighted by molar-refractivity contribution is 0.0456. The molecule has 6 nitrogen and oxygen atoms in total. The Kier molecular flexibility index (Phi) is 6.18. The zero-order valence-electron chi connectivity index (χ0n) is 17.1. The maximum Gasteiger partial charge on any atom is 0.348 e. The van der Waals surface area contributed by atoms with Crippen LogP contribution < -0.4 is 9.47 Å². The molecular formula is C23H21FN2O4S. The summed E-state index contributed by atoms with van der Waals surface area (Å²) in [6, 6.07) is 15.1. The second kappa shape index (κ2) is 9.18. The molecule has 0 unspecified atom stereocenters. The van der Waals surface area contributed by atoms with Crippen molar-refractivity contribution in [2.75, 3.05) is 19.8 Å². The van der Waals surface area contributed by atoms with Crippen molar-refractivity contribution in [3.8, 4) is 17.2 Å². The van der Waals surface area contributed by atoms with E-state index in [1.165, 1.54) is 23.5 Å². The van der Waals surface area contributed by atoms with Gasteiger partial charge in [-0.15, -0.1) is 11.3 Å². The van der Waals surface area contributed by atoms with Crippen molar-refractivity contribution in [2.45, 2.75) is 13.8 Å². The standard InChI is InChI=1S/C23H21FN2O4S/c1-3-28-18-8-10-19(11-9-18)29-12-13-30-23(27)21-14-20-15(2)25-26(22(20)31-21)17-6-4-16(24)5-7-17/h4-11,14H,3,12-13H2,1-2H3. The zero-order valence-corrected chi connectivity index (χ0v) is 17.9. The number of halogens is 1. The molecule has 2 aromatic heterocycles. The molecule has 2 heterocycles. The van der Waals surface area contributed by atoms with Crippen molar-refractivity contribution in [3.05, 3.63) is 71.0 Å². The van der Waals surface area contributed by atoms with Crippen LogP contribution >= 0.6 is 11.3 Å². The van der Waals surface area contributed by atoms with E-state index in [0.29, 0.717) is 17.2 Å². The van der Waals surface area contributed by atoms with Crippen molar-refractivity contribution in [3.63, 3.8) is 0 Å². The van der Waals surface area contributed by atoms with Gasteiger partial charge in [-0.1, -0.05) is 0 Å². The van der Waals surface area contributed by atoms with Crippen molar-refractivity contribution in [1.29, 1.82) is 0 Å². The molecule has 4 aromatic rings. The number of carbonyl (C=O) groups is 1. The van der Waals surface area contributed by atoms with Gasteiger partial charge in [0.05, 0.1) is 18.0 Å². The van der Waals surface area contributed by atoms with Gasteiger partial charge in [0, 0.05) is 5.39 Å². The number of aryl methyl sites for hydroxylation is 1. The maximum absolute atomic E-state index is 13.2. The van der Waals surface area contributed by atoms with Crippen LogP contribution in [0.3, 0.4) is 0 Å². The first-order valence-electron chi connectivity index (χ1n) is 9.83. The predicted molar refractivity (Wildman–Crippen MR) is 117 cm³/mol. The molecule has 4 rings (SSSR count). The Morgan fingerprint density at radius 1 is 1.03 bits per heavy atom. The van der Waals surface area contributed by atoms with Crippen LogP contribution in [0.25, 0.3) is 15.9 Å². The summed E-state index contributed by atoms with van der Waals surface area (Å²) in [7, 11) is 0. The summed E-state index contributed by atoms with van der Waals surface area (Å²) in [5, 5.41) is 5.37. The topological polar surface area (TPSA) is 62.6 Å². The summed E-state index contributed by atoms with van der Waals surface area (Å²) in [5.41, 5.74) is 1.51. The van der Waals surface area contributed by atoms with E-state index in [2.05, 4.69) is 5.10 Å². The largest absolute Gasteiger partial charge is 0.494 e. The van der Waals surface area contributed by atoms with Crippen LogP contribution in [0.15, 0.2) is 54.6 Å². The number of rotatable bonds is 8. The van der Waals surface area contributed by atoms with E-state index in [1.54, 1.807) is 22.9 Å². The SMILES string of the molecule is CCOc1ccc(OCCOC(=O)c2cc3c(C)nn(-c4ccc(F)cc4)c3s2)cc1. The average molecular weight is 440 g/mol. The first kappa shape index (κ1) is 20.9. The lowest BCUT2D eigenvalue weighted by Gasteiger charge is -2.08. The third-order valence-corrected chi connectivity index (χ3v) is 5.63. The number of hydrogen-bond acceptors (Lipinski definition) is 6. The summed E-state index contributed by atoms with van der Waals surface area (Å²) in [6.07, 6.45) is 0. The molecule has 0 fully saturated rings. The molecule has 0 bridgehead atoms. The fourth-order valence-electron chi connectivity index (χ4n) is 3.07. The maximum atomic E-state index is 13.2. The normalized spacial score (nSPS) is 10.9. The van der Waals surface area contributed by atoms with Gasteiger partial charge in [-0.25, -0.2) is 13.9 Å². The third-order valence-electron chi connectivity index (χ3n) is 4.54. The van der Waals surface area contributed by atoms with Crippen LogP contribution in [0.2, 0.25) is 0 Å². The number of hydrogen-bond donors (Lipinski definition) is 0. The fourth-order valence-corrected chi connectivity index (χ4v) is 4.15. The minimum Gasteiger partial charge on any atom is -0.494 e. The molecule has 0 aliphatic rings. The van der Waals surface area contributed by atoms with Crippen molar-refractivity contribution in [2.24, 2.45) is 0 Å². The monoisotopic (exact) mass is 440 g/mol. The Hall–Kier alpha value is -3.39. The quantitative estimate of drug-likeness (QED) is 0.279. The first-order valence-corrected chi connectivity index (χ1v) is 10.6. The van der Waals surface area contributed by atoms with Crippen LogP contribution in [0.1, 0.15) is 22.3 Å². The van der Waals surface area contributed by atoms with Crippen LogP contribution in [0, 0.1) is 12.7 Å². The summed E-state index contributed by atoms with van der Waals surface area (Å²) in [5.74, 6) is 0.727. The van der Waals surface area contributed by atoms with Crippen molar-refractivity contribution in [1.82, 2.24) is 9.78 Å². The molecule has 0 atom stereocenters. The van der Waals surface area contributed by atoms with Crippen molar-refractivity contribution >= 4 is 27.5 Å². The molecule has 160 valence electrons. The van der Waals surface area contributed by atoms with Gasteiger partial charge in [0.2, 0.25) is 0 Å². The molecule has 2 aromatic carbocycles. The van der Waals surface area contributed by atoms with E-state index < -0.39 is 5.97 Å². The zero-order chi connectivity index (χ0) is 21.8. The first-order chi connectivity index (χ1) is 15.0. The Balaban J connectivity index is 1.38. The van der Waals surface area contributed by atoms with E-state index in [4.69, 9.17) is 14.2 Å². The van der Waals surface area contributed by atoms with Gasteiger partial charge in [-0.2, -0.15) is 5.10 Å². The smallest absolute Gasteiger partial charge is 0.348 e. The van der Waals surface area contributed by atoms with Crippen LogP contribution in [0.5, 0.6) is 11.5 Å². The summed E-state index contributed by atoms with van der Waals surface area (Å²) in [6.45, 7) is 4.77. The number of esters is 1. The van der Waals surface area contributed by atoms with Crippen LogP contribution in [0.4, 0.5) is 4.39 Å². The third kappa shape index (κ3) is 4.69. The molecule has 0 N–H and O–H groups in total. The average Bonchev–Trinajstić information content (AvgIpc) is 3.34. The van der Waals surface area contributed by atoms with Gasteiger partial charge < -0.3 is 14.2 Å². The highest BCUT2D eigenvalue weighted by Gasteiger charge is 2.18. The number of thiophene rings is 1. The van der Waals surface area contributed by atoms with Gasteiger partial charge in [0.1, 0.15) is 40.2 Å². The lowest BCUT2D eigenvalue weighted by Crippen LogP contribution is -2.11. The number of ether oxygens (including phenoxy) is 3. The Morgan fingerprint density at radius 2 is 1.71 bits per heavy atom. The second-order valence-electron chi connectivity index (χ2n) is 6.69. The van der Waals surface area contributed by atoms with Gasteiger partial charge in [-0.3, -0.25) is 0 Å². The van der Waals surface area contributed by atoms with Gasteiger partial charge >= 0.3 is 5.97 Å². The Morgan fingerprint density at radius 3 is 2.39 bits per heavy atom. The van der Waals surface area contributed by atoms with Crippen LogP contribution in [-0.4, -0.2) is 35.6 Å². The molecule has 0 saturated heterocycles. The van der Waals surface area contributed by atoms with Gasteiger partial charge in [0.15, 0.2) is 0 Å². The van der Waals surface area contributed by atoms with Gasteiger partial charge in [-0.05, 0) is 68.4 Å².